The van der Waals surface area contributed by atoms with Gasteiger partial charge in [-0.05, 0) is 13.8 Å². The van der Waals surface area contributed by atoms with E-state index >= 15 is 0 Å². The molecule has 1 N–H and O–H groups in total. The standard InChI is InChI=1S/C10H14N4OS/c1-4-8-13-10(16-14-8)12-7(3)9-11-5-6(2)15-9/h5,7H,4H2,1-3H3,(H,12,13,14). The van der Waals surface area contributed by atoms with Crippen molar-refractivity contribution in [1.29, 1.82) is 0 Å². The topological polar surface area (TPSA) is 63.8 Å². The van der Waals surface area contributed by atoms with Gasteiger partial charge in [-0.25, -0.2) is 9.97 Å². The first kappa shape index (κ1) is 11.1. The summed E-state index contributed by atoms with van der Waals surface area (Å²) in [6, 6.07) is 0.00589. The minimum Gasteiger partial charge on any atom is -0.444 e. The van der Waals surface area contributed by atoms with Crippen molar-refractivity contribution in [2.75, 3.05) is 5.32 Å². The molecule has 0 fully saturated rings. The molecule has 0 saturated heterocycles. The van der Waals surface area contributed by atoms with Crippen LogP contribution in [0.5, 0.6) is 0 Å². The van der Waals surface area contributed by atoms with Gasteiger partial charge in [-0.3, -0.25) is 0 Å². The molecule has 1 unspecified atom stereocenters. The van der Waals surface area contributed by atoms with E-state index in [1.54, 1.807) is 6.20 Å². The first-order valence-electron chi connectivity index (χ1n) is 5.20. The van der Waals surface area contributed by atoms with Crippen LogP contribution in [-0.4, -0.2) is 14.3 Å². The summed E-state index contributed by atoms with van der Waals surface area (Å²) in [4.78, 5) is 8.49. The SMILES string of the molecule is CCc1nsc(NC(C)c2ncc(C)o2)n1. The summed E-state index contributed by atoms with van der Waals surface area (Å²) >= 11 is 1.36. The Labute approximate surface area is 98.1 Å². The predicted octanol–water partition coefficient (Wildman–Crippen LogP) is 2.57. The van der Waals surface area contributed by atoms with Gasteiger partial charge >= 0.3 is 0 Å². The molecule has 0 aliphatic carbocycles. The number of nitrogens with zero attached hydrogens (tertiary/aromatic N) is 3. The zero-order valence-electron chi connectivity index (χ0n) is 9.52. The average molecular weight is 238 g/mol. The molecule has 2 aromatic rings. The van der Waals surface area contributed by atoms with E-state index in [-0.39, 0.29) is 6.04 Å². The van der Waals surface area contributed by atoms with Gasteiger partial charge in [-0.15, -0.1) is 0 Å². The number of nitrogens with one attached hydrogen (secondary N) is 1. The molecular weight excluding hydrogens is 224 g/mol. The van der Waals surface area contributed by atoms with Crippen molar-refractivity contribution in [2.45, 2.75) is 33.2 Å². The Bertz CT molecular complexity index is 465. The summed E-state index contributed by atoms with van der Waals surface area (Å²) in [5.41, 5.74) is 0. The molecule has 5 nitrogen and oxygen atoms in total. The lowest BCUT2D eigenvalue weighted by Gasteiger charge is -2.07. The summed E-state index contributed by atoms with van der Waals surface area (Å²) in [6.07, 6.45) is 2.57. The molecule has 2 heterocycles. The number of aromatic nitrogens is 3. The first-order valence-corrected chi connectivity index (χ1v) is 5.98. The van der Waals surface area contributed by atoms with Gasteiger partial charge in [0.2, 0.25) is 11.0 Å². The lowest BCUT2D eigenvalue weighted by atomic mass is 10.3. The predicted molar refractivity (Wildman–Crippen MR) is 62.6 cm³/mol. The molecule has 2 aromatic heterocycles. The van der Waals surface area contributed by atoms with Gasteiger partial charge < -0.3 is 9.73 Å². The molecule has 0 saturated carbocycles. The lowest BCUT2D eigenvalue weighted by Crippen LogP contribution is -2.06. The quantitative estimate of drug-likeness (QED) is 0.886. The summed E-state index contributed by atoms with van der Waals surface area (Å²) in [6.45, 7) is 5.90. The van der Waals surface area contributed by atoms with Crippen molar-refractivity contribution >= 4 is 16.7 Å². The zero-order chi connectivity index (χ0) is 11.5. The minimum atomic E-state index is 0.00589. The van der Waals surface area contributed by atoms with Crippen LogP contribution in [0.25, 0.3) is 0 Å². The fourth-order valence-electron chi connectivity index (χ4n) is 1.28. The minimum absolute atomic E-state index is 0.00589. The Morgan fingerprint density at radius 1 is 1.56 bits per heavy atom. The van der Waals surface area contributed by atoms with Crippen LogP contribution in [-0.2, 0) is 6.42 Å². The van der Waals surface area contributed by atoms with E-state index in [1.165, 1.54) is 11.5 Å². The molecule has 0 amide bonds. The van der Waals surface area contributed by atoms with E-state index in [2.05, 4.69) is 19.7 Å². The van der Waals surface area contributed by atoms with E-state index in [0.29, 0.717) is 5.89 Å². The van der Waals surface area contributed by atoms with Crippen molar-refractivity contribution in [1.82, 2.24) is 14.3 Å². The zero-order valence-corrected chi connectivity index (χ0v) is 10.3. The number of anilines is 1. The Kier molecular flexibility index (Phi) is 3.19. The Balaban J connectivity index is 2.04. The van der Waals surface area contributed by atoms with Gasteiger partial charge in [0.15, 0.2) is 0 Å². The smallest absolute Gasteiger partial charge is 0.216 e. The van der Waals surface area contributed by atoms with E-state index in [9.17, 15) is 0 Å². The van der Waals surface area contributed by atoms with E-state index in [1.807, 2.05) is 20.8 Å². The molecule has 0 aromatic carbocycles. The largest absolute Gasteiger partial charge is 0.444 e. The maximum Gasteiger partial charge on any atom is 0.216 e. The number of hydrogen-bond donors (Lipinski definition) is 1. The molecule has 2 rings (SSSR count). The van der Waals surface area contributed by atoms with E-state index < -0.39 is 0 Å². The second kappa shape index (κ2) is 4.61. The van der Waals surface area contributed by atoms with Crippen molar-refractivity contribution < 1.29 is 4.42 Å². The Hall–Kier alpha value is -1.43. The monoisotopic (exact) mass is 238 g/mol. The molecule has 0 radical (unpaired) electrons. The van der Waals surface area contributed by atoms with Gasteiger partial charge in [0, 0.05) is 18.0 Å². The van der Waals surface area contributed by atoms with Gasteiger partial charge in [0.25, 0.3) is 0 Å². The third-order valence-corrected chi connectivity index (χ3v) is 2.82. The Morgan fingerprint density at radius 2 is 2.38 bits per heavy atom. The Morgan fingerprint density at radius 3 is 2.94 bits per heavy atom. The second-order valence-electron chi connectivity index (χ2n) is 3.54. The molecule has 86 valence electrons. The lowest BCUT2D eigenvalue weighted by molar-refractivity contribution is 0.453. The third-order valence-electron chi connectivity index (χ3n) is 2.13. The molecule has 0 aliphatic rings. The summed E-state index contributed by atoms with van der Waals surface area (Å²) in [5, 5.41) is 4.02. The van der Waals surface area contributed by atoms with Crippen molar-refractivity contribution in [3.8, 4) is 0 Å². The molecule has 6 heteroatoms. The normalized spacial score (nSPS) is 12.7. The van der Waals surface area contributed by atoms with Gasteiger partial charge in [0.1, 0.15) is 17.6 Å². The fraction of sp³-hybridized carbons (Fsp3) is 0.500. The number of oxazole rings is 1. The molecular formula is C10H14N4OS. The van der Waals surface area contributed by atoms with E-state index in [4.69, 9.17) is 4.42 Å². The molecule has 1 atom stereocenters. The van der Waals surface area contributed by atoms with Crippen LogP contribution in [0.1, 0.15) is 37.4 Å². The van der Waals surface area contributed by atoms with Crippen LogP contribution in [0.4, 0.5) is 5.13 Å². The summed E-state index contributed by atoms with van der Waals surface area (Å²) in [5.74, 6) is 2.35. The highest BCUT2D eigenvalue weighted by molar-refractivity contribution is 7.09. The van der Waals surface area contributed by atoms with Crippen LogP contribution in [0, 0.1) is 6.92 Å². The van der Waals surface area contributed by atoms with Crippen LogP contribution in [0.15, 0.2) is 10.6 Å². The van der Waals surface area contributed by atoms with Gasteiger partial charge in [0.05, 0.1) is 6.20 Å². The van der Waals surface area contributed by atoms with Crippen molar-refractivity contribution in [3.05, 3.63) is 23.7 Å². The molecule has 16 heavy (non-hydrogen) atoms. The maximum atomic E-state index is 5.43. The first-order chi connectivity index (χ1) is 7.69. The molecule has 0 bridgehead atoms. The average Bonchev–Trinajstić information content (AvgIpc) is 2.87. The van der Waals surface area contributed by atoms with Gasteiger partial charge in [-0.2, -0.15) is 4.37 Å². The van der Waals surface area contributed by atoms with Gasteiger partial charge in [-0.1, -0.05) is 6.92 Å². The molecule has 0 spiro atoms. The maximum absolute atomic E-state index is 5.43. The van der Waals surface area contributed by atoms with E-state index in [0.717, 1.165) is 23.1 Å². The fourth-order valence-corrected chi connectivity index (χ4v) is 2.01. The van der Waals surface area contributed by atoms with Crippen LogP contribution >= 0.6 is 11.5 Å². The number of aryl methyl sites for hydroxylation is 2. The third kappa shape index (κ3) is 2.38. The molecule has 0 aliphatic heterocycles. The highest BCUT2D eigenvalue weighted by atomic mass is 32.1. The number of hydrogen-bond acceptors (Lipinski definition) is 6. The van der Waals surface area contributed by atoms with Crippen LogP contribution in [0.2, 0.25) is 0 Å². The highest BCUT2D eigenvalue weighted by Crippen LogP contribution is 2.20. The second-order valence-corrected chi connectivity index (χ2v) is 4.30. The van der Waals surface area contributed by atoms with Crippen molar-refractivity contribution in [2.24, 2.45) is 0 Å². The number of rotatable bonds is 4. The van der Waals surface area contributed by atoms with Crippen LogP contribution < -0.4 is 5.32 Å². The van der Waals surface area contributed by atoms with Crippen LogP contribution in [0.3, 0.4) is 0 Å². The summed E-state index contributed by atoms with van der Waals surface area (Å²) in [7, 11) is 0. The highest BCUT2D eigenvalue weighted by Gasteiger charge is 2.13. The van der Waals surface area contributed by atoms with Crippen molar-refractivity contribution in [3.63, 3.8) is 0 Å². The summed E-state index contributed by atoms with van der Waals surface area (Å²) < 4.78 is 9.64.